The molecule has 4 aromatic heterocycles. The second-order valence-electron chi connectivity index (χ2n) is 19.1. The summed E-state index contributed by atoms with van der Waals surface area (Å²) in [6, 6.07) is 10.7. The number of hydrogen-bond donors (Lipinski definition) is 6. The fraction of sp³-hybridized carbons (Fsp3) is 0.528. The van der Waals surface area contributed by atoms with Gasteiger partial charge in [-0.25, -0.2) is 40.6 Å². The molecule has 36 heteroatoms. The van der Waals surface area contributed by atoms with Gasteiger partial charge in [0.25, 0.3) is 26.6 Å². The van der Waals surface area contributed by atoms with E-state index >= 15 is 0 Å². The number of ether oxygens (including phenoxy) is 2. The Hall–Kier alpha value is -3.86. The monoisotopic (exact) mass is 1370 g/mol. The second-order valence-corrected chi connectivity index (χ2v) is 23.6. The molecule has 89 heavy (non-hydrogen) atoms. The van der Waals surface area contributed by atoms with Crippen LogP contribution in [0.4, 0.5) is 13.2 Å². The van der Waals surface area contributed by atoms with Gasteiger partial charge in [0.15, 0.2) is 22.7 Å². The van der Waals surface area contributed by atoms with Crippen LogP contribution in [0.5, 0.6) is 11.5 Å². The van der Waals surface area contributed by atoms with Crippen LogP contribution < -0.4 is 139 Å². The number of nitrogens with one attached hydrogen (secondary N) is 4. The van der Waals surface area contributed by atoms with E-state index in [1.807, 2.05) is 20.8 Å². The number of rotatable bonds is 25. The third-order valence-corrected chi connectivity index (χ3v) is 15.8. The van der Waals surface area contributed by atoms with E-state index in [0.717, 1.165) is 43.7 Å². The van der Waals surface area contributed by atoms with Crippen molar-refractivity contribution in [2.45, 2.75) is 128 Å². The summed E-state index contributed by atoms with van der Waals surface area (Å²) in [5.74, 6) is 0.366. The smallest absolute Gasteiger partial charge is 1.00 e. The van der Waals surface area contributed by atoms with Crippen LogP contribution in [0.2, 0.25) is 0 Å². The van der Waals surface area contributed by atoms with E-state index < -0.39 is 31.2 Å². The summed E-state index contributed by atoms with van der Waals surface area (Å²) >= 11 is 0. The number of aliphatic hydroxyl groups excluding tert-OH is 2. The first-order valence-corrected chi connectivity index (χ1v) is 31.3. The van der Waals surface area contributed by atoms with E-state index in [2.05, 4.69) is 50.5 Å². The Morgan fingerprint density at radius 1 is 0.787 bits per heavy atom. The van der Waals surface area contributed by atoms with Crippen molar-refractivity contribution in [3.63, 3.8) is 0 Å². The number of carbonyl (C=O) groups is 2. The Balaban J connectivity index is 0.000000663. The number of nitrogens with zero attached hydrogens (tertiary/aromatic N) is 9. The van der Waals surface area contributed by atoms with Gasteiger partial charge in [0.05, 0.1) is 64.7 Å². The van der Waals surface area contributed by atoms with Gasteiger partial charge in [0.1, 0.15) is 23.1 Å². The molecule has 0 spiro atoms. The van der Waals surface area contributed by atoms with Crippen LogP contribution in [0.15, 0.2) is 55.8 Å². The summed E-state index contributed by atoms with van der Waals surface area (Å²) in [4.78, 5) is 65.8. The van der Waals surface area contributed by atoms with Crippen molar-refractivity contribution in [1.82, 2.24) is 59.2 Å². The molecule has 0 atom stereocenters. The van der Waals surface area contributed by atoms with Crippen molar-refractivity contribution in [2.75, 3.05) is 65.7 Å². The number of hydrogen-bond acceptors (Lipinski definition) is 23. The van der Waals surface area contributed by atoms with Gasteiger partial charge >= 0.3 is 115 Å². The summed E-state index contributed by atoms with van der Waals surface area (Å²) in [5, 5.41) is 49.6. The molecule has 0 radical (unpaired) electrons. The van der Waals surface area contributed by atoms with Gasteiger partial charge in [-0.15, -0.1) is 15.3 Å². The average Bonchev–Trinajstić information content (AvgIpc) is 1.73. The van der Waals surface area contributed by atoms with Crippen molar-refractivity contribution in [1.29, 1.82) is 5.26 Å². The van der Waals surface area contributed by atoms with E-state index in [0.29, 0.717) is 109 Å². The molecule has 2 aliphatic rings. The number of aromatic amines is 2. The Kier molecular flexibility index (Phi) is 36.2. The van der Waals surface area contributed by atoms with Crippen LogP contribution >= 0.6 is 10.7 Å². The molecular formula is C53H73ClF3K2N13O15S2. The first-order chi connectivity index (χ1) is 41.3. The van der Waals surface area contributed by atoms with E-state index in [-0.39, 0.29) is 182 Å². The van der Waals surface area contributed by atoms with Gasteiger partial charge < -0.3 is 56.7 Å². The van der Waals surface area contributed by atoms with Crippen LogP contribution in [0.25, 0.3) is 33.8 Å². The summed E-state index contributed by atoms with van der Waals surface area (Å²) in [6.07, 6.45) is 1.09. The first kappa shape index (κ1) is 81.2. The molecule has 0 saturated carbocycles. The number of halogens is 4. The third kappa shape index (κ3) is 23.6. The number of H-pyrrole nitrogens is 2. The minimum Gasteiger partial charge on any atom is -1.00 e. The molecule has 2 aliphatic heterocycles. The van der Waals surface area contributed by atoms with Gasteiger partial charge in [-0.3, -0.25) is 14.4 Å². The predicted molar refractivity (Wildman–Crippen MR) is 309 cm³/mol. The average molecular weight is 1370 g/mol. The van der Waals surface area contributed by atoms with Crippen LogP contribution in [-0.4, -0.2) is 172 Å². The molecule has 0 bridgehead atoms. The second kappa shape index (κ2) is 39.6. The number of alkyl halides is 3. The van der Waals surface area contributed by atoms with Crippen molar-refractivity contribution in [3.8, 4) is 40.3 Å². The molecule has 6 heterocycles. The number of aromatic nitrogens is 8. The van der Waals surface area contributed by atoms with E-state index in [9.17, 15) is 44.4 Å². The standard InChI is InChI=1S/C24H34N6O5S.C17H19ClN4O4S.C9H15F3N2O3.C2H3N.CH2O3.2K.H/c1-4-8-21-26-16(3)22-24(32)27-23(28-30(21)22)19-13-18(9-10-20(19)35-5-2)36(33,34)29-14-17(15-29)25-11-6-7-12-31;1-4-6-14-19-10(3)15-17(23)20-16(21-22(14)15)12-9-11(27(18,24)25)7-8-13(12)26-5-2;10-9(11,12)8(16)17-14-5-7(6-14)13-3-1-2-4-15;1-2-3;2-1-4-3;;;/h9-10,13,17,25,31H,4-8,11-12,14-15H2,1-3H3,(H,27,28,32);7-9H,4-6H2,1-3H3,(H,20,21,23);7,13,15H,1-6H2;1H3;1,3H;;;/q;;;;;2*+1;-1/p-1. The molecule has 2 fully saturated rings. The molecular weight excluding hydrogens is 1290 g/mol. The molecule has 0 aliphatic carbocycles. The fourth-order valence-corrected chi connectivity index (χ4v) is 10.9. The van der Waals surface area contributed by atoms with Crippen molar-refractivity contribution < 1.29 is 178 Å². The Bertz CT molecular complexity index is 3650. The van der Waals surface area contributed by atoms with Crippen LogP contribution in [0.3, 0.4) is 0 Å². The molecule has 0 amide bonds. The van der Waals surface area contributed by atoms with Crippen molar-refractivity contribution >= 4 is 53.2 Å². The molecule has 2 saturated heterocycles. The van der Waals surface area contributed by atoms with Crippen LogP contribution in [0, 0.1) is 25.2 Å². The quantitative estimate of drug-likeness (QED) is 0.00847. The van der Waals surface area contributed by atoms with E-state index in [1.54, 1.807) is 37.4 Å². The number of aryl methyl sites for hydroxylation is 4. The van der Waals surface area contributed by atoms with Crippen molar-refractivity contribution in [2.24, 2.45) is 0 Å². The zero-order valence-corrected chi connectivity index (χ0v) is 59.6. The minimum atomic E-state index is -4.94. The van der Waals surface area contributed by atoms with Crippen LogP contribution in [-0.2, 0) is 51.2 Å². The maximum Gasteiger partial charge on any atom is 1.00 e. The number of hydroxylamine groups is 2. The Morgan fingerprint density at radius 3 is 1.56 bits per heavy atom. The number of aliphatic hydroxyl groups is 2. The Morgan fingerprint density at radius 2 is 1.19 bits per heavy atom. The number of imidazole rings is 2. The summed E-state index contributed by atoms with van der Waals surface area (Å²) in [5.41, 5.74) is 1.92. The van der Waals surface area contributed by atoms with Gasteiger partial charge in [-0.2, -0.15) is 22.7 Å². The largest absolute Gasteiger partial charge is 1.00 e. The molecule has 6 N–H and O–H groups in total. The maximum atomic E-state index is 13.3. The molecule has 6 aromatic rings. The fourth-order valence-electron chi connectivity index (χ4n) is 8.56. The zero-order valence-electron chi connectivity index (χ0n) is 52.0. The SMILES string of the molecule is CC#N.CCCc1nc(C)c2c(=O)[nH]c(-c3cc(S(=O)(=O)Cl)ccc3OCC)nn12.CCCc1nc(C)c2c(=O)[nH]c(-c3cc(S(=O)(=O)N4CC(NCCCCO)C4)ccc3OCC)nn12.O=C(ON1CC(NCCCCO)C1)C(F)(F)F.O=CO[O-].[H-].[K+].[K+]. The minimum absolute atomic E-state index is 0. The molecule has 482 valence electrons. The molecule has 2 aromatic carbocycles. The predicted octanol–water partition coefficient (Wildman–Crippen LogP) is -2.71. The third-order valence-electron chi connectivity index (χ3n) is 12.6. The summed E-state index contributed by atoms with van der Waals surface area (Å²) < 4.78 is 101. The van der Waals surface area contributed by atoms with Gasteiger partial charge in [-0.1, -0.05) is 13.8 Å². The number of carbonyl (C=O) groups excluding carboxylic acids is 2. The normalized spacial score (nSPS) is 13.4. The number of nitriles is 1. The van der Waals surface area contributed by atoms with E-state index in [1.165, 1.54) is 46.1 Å². The van der Waals surface area contributed by atoms with Gasteiger partial charge in [-0.05, 0) is 116 Å². The number of sulfonamides is 1. The summed E-state index contributed by atoms with van der Waals surface area (Å²) in [6.45, 7) is 16.1. The zero-order chi connectivity index (χ0) is 64.6. The van der Waals surface area contributed by atoms with Crippen molar-refractivity contribution in [3.05, 3.63) is 80.1 Å². The number of fused-ring (bicyclic) bond motifs is 2. The molecule has 8 rings (SSSR count). The molecule has 28 nitrogen and oxygen atoms in total. The number of unbranched alkanes of at least 4 members (excludes halogenated alkanes) is 2. The van der Waals surface area contributed by atoms with Gasteiger partial charge in [0, 0.05) is 68.8 Å². The Labute approximate surface area is 603 Å². The first-order valence-electron chi connectivity index (χ1n) is 27.5. The van der Waals surface area contributed by atoms with Crippen LogP contribution in [0.1, 0.15) is 97.6 Å². The maximum absolute atomic E-state index is 13.3. The number of benzene rings is 2. The topological polar surface area (TPSA) is 383 Å². The molecule has 0 unspecified atom stereocenters. The van der Waals surface area contributed by atoms with Gasteiger partial charge in [0.2, 0.25) is 10.0 Å². The van der Waals surface area contributed by atoms with E-state index in [4.69, 9.17) is 45.7 Å². The summed E-state index contributed by atoms with van der Waals surface area (Å²) in [7, 11) is -2.22.